The van der Waals surface area contributed by atoms with E-state index < -0.39 is 3.79 Å². The maximum Gasteiger partial charge on any atom is 0.233 e. The number of aromatic nitrogens is 2. The molecule has 0 saturated carbocycles. The van der Waals surface area contributed by atoms with Crippen molar-refractivity contribution in [3.8, 4) is 11.1 Å². The van der Waals surface area contributed by atoms with E-state index in [2.05, 4.69) is 9.97 Å². The third kappa shape index (κ3) is 3.52. The fraction of sp³-hybridized carbons (Fsp3) is 0.0909. The molecule has 0 bridgehead atoms. The third-order valence-electron chi connectivity index (χ3n) is 2.49. The molecule has 0 aliphatic rings. The lowest BCUT2D eigenvalue weighted by atomic mass is 10.0. The lowest BCUT2D eigenvalue weighted by molar-refractivity contribution is 1.05. The van der Waals surface area contributed by atoms with E-state index in [9.17, 15) is 0 Å². The first kappa shape index (κ1) is 17.0. The van der Waals surface area contributed by atoms with Crippen molar-refractivity contribution < 1.29 is 0 Å². The van der Waals surface area contributed by atoms with Crippen LogP contribution in [-0.4, -0.2) is 9.97 Å². The Hall–Kier alpha value is -0.360. The lowest BCUT2D eigenvalue weighted by Gasteiger charge is -2.18. The van der Waals surface area contributed by atoms with E-state index in [4.69, 9.17) is 81.1 Å². The van der Waals surface area contributed by atoms with E-state index in [-0.39, 0.29) is 33.1 Å². The average Bonchev–Trinajstić information content (AvgIpc) is 2.32. The van der Waals surface area contributed by atoms with E-state index in [1.807, 2.05) is 0 Å². The van der Waals surface area contributed by atoms with Crippen LogP contribution < -0.4 is 11.5 Å². The van der Waals surface area contributed by atoms with Gasteiger partial charge < -0.3 is 11.5 Å². The summed E-state index contributed by atoms with van der Waals surface area (Å²) in [6.07, 6.45) is 0. The van der Waals surface area contributed by atoms with Crippen LogP contribution >= 0.6 is 69.6 Å². The van der Waals surface area contributed by atoms with Crippen molar-refractivity contribution >= 4 is 81.4 Å². The quantitative estimate of drug-likeness (QED) is 0.510. The van der Waals surface area contributed by atoms with Crippen LogP contribution in [0.3, 0.4) is 0 Å². The molecule has 21 heavy (non-hydrogen) atoms. The van der Waals surface area contributed by atoms with E-state index in [0.29, 0.717) is 10.6 Å². The molecule has 1 aromatic heterocycles. The van der Waals surface area contributed by atoms with Gasteiger partial charge in [-0.25, -0.2) is 4.98 Å². The van der Waals surface area contributed by atoms with Crippen molar-refractivity contribution in [3.63, 3.8) is 0 Å². The number of nitrogen functional groups attached to an aromatic ring is 2. The first-order chi connectivity index (χ1) is 9.61. The lowest BCUT2D eigenvalue weighted by Crippen LogP contribution is -2.13. The average molecular weight is 407 g/mol. The van der Waals surface area contributed by atoms with E-state index in [0.717, 1.165) is 0 Å². The van der Waals surface area contributed by atoms with E-state index in [1.54, 1.807) is 0 Å². The highest BCUT2D eigenvalue weighted by atomic mass is 35.6. The highest BCUT2D eigenvalue weighted by molar-refractivity contribution is 6.67. The van der Waals surface area contributed by atoms with Gasteiger partial charge in [-0.3, -0.25) is 0 Å². The van der Waals surface area contributed by atoms with Crippen molar-refractivity contribution in [3.05, 3.63) is 32.9 Å². The SMILES string of the molecule is Nc1nc(N)c(-c2cc(Cl)cc(Cl)c2Cl)c(C(Cl)(Cl)Cl)n1. The summed E-state index contributed by atoms with van der Waals surface area (Å²) in [5.74, 6) is -0.147. The molecule has 112 valence electrons. The summed E-state index contributed by atoms with van der Waals surface area (Å²) in [4.78, 5) is 7.78. The minimum atomic E-state index is -1.89. The molecular weight excluding hydrogens is 401 g/mol. The van der Waals surface area contributed by atoms with E-state index in [1.165, 1.54) is 12.1 Å². The first-order valence-corrected chi connectivity index (χ1v) is 7.53. The largest absolute Gasteiger partial charge is 0.383 e. The van der Waals surface area contributed by atoms with Gasteiger partial charge in [0.1, 0.15) is 11.5 Å². The van der Waals surface area contributed by atoms with Crippen molar-refractivity contribution in [1.29, 1.82) is 0 Å². The molecule has 0 spiro atoms. The predicted molar refractivity (Wildman–Crippen MR) is 90.6 cm³/mol. The van der Waals surface area contributed by atoms with Crippen LogP contribution in [0.15, 0.2) is 12.1 Å². The topological polar surface area (TPSA) is 77.8 Å². The molecule has 4 N–H and O–H groups in total. The molecule has 0 unspecified atom stereocenters. The maximum absolute atomic E-state index is 6.17. The Kier molecular flexibility index (Phi) is 4.88. The fourth-order valence-corrected chi connectivity index (χ4v) is 2.81. The molecule has 0 aliphatic heterocycles. The van der Waals surface area contributed by atoms with Crippen LogP contribution in [0.4, 0.5) is 11.8 Å². The summed E-state index contributed by atoms with van der Waals surface area (Å²) in [7, 11) is 0. The second-order valence-electron chi connectivity index (χ2n) is 3.94. The number of rotatable bonds is 1. The van der Waals surface area contributed by atoms with Gasteiger partial charge in [-0.2, -0.15) is 4.98 Å². The van der Waals surface area contributed by atoms with Crippen LogP contribution in [0.5, 0.6) is 0 Å². The number of hydrogen-bond donors (Lipinski definition) is 2. The summed E-state index contributed by atoms with van der Waals surface area (Å²) >= 11 is 35.9. The molecule has 4 nitrogen and oxygen atoms in total. The Balaban J connectivity index is 2.87. The van der Waals surface area contributed by atoms with Gasteiger partial charge in [-0.1, -0.05) is 69.6 Å². The van der Waals surface area contributed by atoms with Gasteiger partial charge in [0.25, 0.3) is 0 Å². The highest BCUT2D eigenvalue weighted by Gasteiger charge is 2.32. The zero-order valence-electron chi connectivity index (χ0n) is 9.97. The molecule has 0 atom stereocenters. The molecule has 1 heterocycles. The van der Waals surface area contributed by atoms with Gasteiger partial charge in [-0.15, -0.1) is 0 Å². The zero-order valence-corrected chi connectivity index (χ0v) is 14.5. The Morgan fingerprint density at radius 2 is 1.57 bits per heavy atom. The van der Waals surface area contributed by atoms with Gasteiger partial charge >= 0.3 is 0 Å². The van der Waals surface area contributed by atoms with Crippen LogP contribution in [-0.2, 0) is 3.79 Å². The predicted octanol–water partition coefficient (Wildman–Crippen LogP) is 5.09. The number of hydrogen-bond acceptors (Lipinski definition) is 4. The van der Waals surface area contributed by atoms with Gasteiger partial charge in [0, 0.05) is 10.6 Å². The smallest absolute Gasteiger partial charge is 0.233 e. The Bertz CT molecular complexity index is 713. The molecule has 0 saturated heterocycles. The minimum Gasteiger partial charge on any atom is -0.383 e. The molecule has 0 fully saturated rings. The number of nitrogens with zero attached hydrogens (tertiary/aromatic N) is 2. The van der Waals surface area contributed by atoms with Crippen LogP contribution in [0.1, 0.15) is 5.69 Å². The molecule has 0 aliphatic carbocycles. The monoisotopic (exact) mass is 404 g/mol. The minimum absolute atomic E-state index is 0.0101. The number of halogens is 6. The zero-order chi connectivity index (χ0) is 15.9. The van der Waals surface area contributed by atoms with Crippen LogP contribution in [0.25, 0.3) is 11.1 Å². The molecule has 0 radical (unpaired) electrons. The standard InChI is InChI=1S/C11H6Cl6N4/c12-3-1-4(7(14)5(13)2-3)6-8(11(15,16)17)20-10(19)21-9(6)18/h1-2H,(H4,18,19,20,21). The van der Waals surface area contributed by atoms with Crippen molar-refractivity contribution in [1.82, 2.24) is 9.97 Å². The number of alkyl halides is 3. The molecule has 2 rings (SSSR count). The number of nitrogens with two attached hydrogens (primary N) is 2. The second kappa shape index (κ2) is 6.03. The Labute approximate surface area is 150 Å². The highest BCUT2D eigenvalue weighted by Crippen LogP contribution is 2.47. The molecule has 2 aromatic rings. The molecular formula is C11H6Cl6N4. The van der Waals surface area contributed by atoms with Crippen LogP contribution in [0.2, 0.25) is 15.1 Å². The van der Waals surface area contributed by atoms with Gasteiger partial charge in [-0.05, 0) is 12.1 Å². The molecule has 0 amide bonds. The summed E-state index contributed by atoms with van der Waals surface area (Å²) in [6, 6.07) is 2.99. The van der Waals surface area contributed by atoms with Gasteiger partial charge in [0.15, 0.2) is 0 Å². The van der Waals surface area contributed by atoms with Crippen molar-refractivity contribution in [2.75, 3.05) is 11.5 Å². The van der Waals surface area contributed by atoms with Crippen LogP contribution in [0, 0.1) is 0 Å². The third-order valence-corrected chi connectivity index (χ3v) is 4.04. The van der Waals surface area contributed by atoms with E-state index >= 15 is 0 Å². The van der Waals surface area contributed by atoms with Crippen molar-refractivity contribution in [2.45, 2.75) is 3.79 Å². The molecule has 1 aromatic carbocycles. The van der Waals surface area contributed by atoms with Crippen molar-refractivity contribution in [2.24, 2.45) is 0 Å². The normalized spacial score (nSPS) is 11.7. The fourth-order valence-electron chi connectivity index (χ4n) is 1.70. The van der Waals surface area contributed by atoms with Gasteiger partial charge in [0.2, 0.25) is 9.74 Å². The Morgan fingerprint density at radius 3 is 2.14 bits per heavy atom. The summed E-state index contributed by atoms with van der Waals surface area (Å²) in [6.45, 7) is 0. The second-order valence-corrected chi connectivity index (χ2v) is 7.44. The summed E-state index contributed by atoms with van der Waals surface area (Å²) < 4.78 is -1.89. The first-order valence-electron chi connectivity index (χ1n) is 5.26. The number of benzene rings is 1. The summed E-state index contributed by atoms with van der Waals surface area (Å²) in [5, 5.41) is 0.716. The maximum atomic E-state index is 6.17. The van der Waals surface area contributed by atoms with Gasteiger partial charge in [0.05, 0.1) is 15.6 Å². The molecule has 10 heteroatoms. The summed E-state index contributed by atoms with van der Waals surface area (Å²) in [5.41, 5.74) is 11.9. The number of anilines is 2. The Morgan fingerprint density at radius 1 is 0.952 bits per heavy atom.